The van der Waals surface area contributed by atoms with E-state index >= 15 is 0 Å². The molecule has 0 aliphatic carbocycles. The largest absolute Gasteiger partial charge is 0.497 e. The number of aromatic nitrogens is 1. The molecule has 1 aliphatic heterocycles. The van der Waals surface area contributed by atoms with Crippen LogP contribution in [0.15, 0.2) is 53.9 Å². The molecule has 2 aromatic carbocycles. The lowest BCUT2D eigenvalue weighted by Gasteiger charge is -2.37. The number of aliphatic hydroxyl groups is 1. The van der Waals surface area contributed by atoms with Crippen molar-refractivity contribution in [3.63, 3.8) is 0 Å². The van der Waals surface area contributed by atoms with Crippen molar-refractivity contribution >= 4 is 28.6 Å². The van der Waals surface area contributed by atoms with Gasteiger partial charge in [0.2, 0.25) is 0 Å². The third kappa shape index (κ3) is 7.39. The van der Waals surface area contributed by atoms with Crippen molar-refractivity contribution in [2.45, 2.75) is 57.7 Å². The van der Waals surface area contributed by atoms with Gasteiger partial charge in [-0.1, -0.05) is 36.4 Å². The van der Waals surface area contributed by atoms with E-state index in [2.05, 4.69) is 20.9 Å². The highest BCUT2D eigenvalue weighted by atomic mass is 32.1. The van der Waals surface area contributed by atoms with Crippen LogP contribution in [0.4, 0.5) is 14.7 Å². The van der Waals surface area contributed by atoms with Gasteiger partial charge in [-0.3, -0.25) is 10.2 Å². The second kappa shape index (κ2) is 13.1. The number of urea groups is 1. The topological polar surface area (TPSA) is 125 Å². The molecule has 0 spiro atoms. The van der Waals surface area contributed by atoms with Gasteiger partial charge in [-0.2, -0.15) is 0 Å². The molecule has 4 N–H and O–H groups in total. The number of hydrogen-bond acceptors (Lipinski definition) is 8. The van der Waals surface area contributed by atoms with Crippen molar-refractivity contribution in [1.82, 2.24) is 20.5 Å². The summed E-state index contributed by atoms with van der Waals surface area (Å²) in [5, 5.41) is 21.7. The Morgan fingerprint density at radius 3 is 2.45 bits per heavy atom. The summed E-state index contributed by atoms with van der Waals surface area (Å²) in [6.07, 6.45) is -0.321. The lowest BCUT2D eigenvalue weighted by atomic mass is 9.81. The quantitative estimate of drug-likeness (QED) is 0.282. The lowest BCUT2D eigenvalue weighted by Crippen LogP contribution is -2.50. The Kier molecular flexibility index (Phi) is 9.75. The number of methoxy groups -OCH3 is 1. The van der Waals surface area contributed by atoms with E-state index in [1.807, 2.05) is 88.5 Å². The summed E-state index contributed by atoms with van der Waals surface area (Å²) in [5.74, 6) is 0.730. The Balaban J connectivity index is 1.38. The number of carbonyl (C=O) groups is 2. The molecule has 42 heavy (non-hydrogen) atoms. The van der Waals surface area contributed by atoms with Crippen LogP contribution in [-0.2, 0) is 10.2 Å². The van der Waals surface area contributed by atoms with E-state index in [-0.39, 0.29) is 30.8 Å². The number of rotatable bonds is 8. The highest BCUT2D eigenvalue weighted by Crippen LogP contribution is 2.34. The van der Waals surface area contributed by atoms with Crippen molar-refractivity contribution < 1.29 is 24.2 Å². The van der Waals surface area contributed by atoms with E-state index in [0.717, 1.165) is 22.4 Å². The smallest absolute Gasteiger partial charge is 0.410 e. The van der Waals surface area contributed by atoms with Gasteiger partial charge >= 0.3 is 12.1 Å². The van der Waals surface area contributed by atoms with Crippen LogP contribution in [0.1, 0.15) is 69.1 Å². The zero-order valence-corrected chi connectivity index (χ0v) is 25.9. The zero-order valence-electron chi connectivity index (χ0n) is 25.1. The standard InChI is InChI=1S/C31H41N5O5S/c1-20(21-7-9-22(10-8-21)25-17-32-15-16-36(25)29(39)41-30(2,3)4)33-27(38)35-28-34-26(18-42-28)31(5,19-37)23-11-13-24(40-6)14-12-23/h7-14,18,20,25,32,37H,15-17,19H2,1-6H3,(H2,33,34,35,38). The summed E-state index contributed by atoms with van der Waals surface area (Å²) in [4.78, 5) is 32.0. The molecular weight excluding hydrogens is 554 g/mol. The number of hydrogen-bond donors (Lipinski definition) is 4. The van der Waals surface area contributed by atoms with Gasteiger partial charge in [-0.25, -0.2) is 14.6 Å². The molecule has 3 aromatic rings. The van der Waals surface area contributed by atoms with Gasteiger partial charge in [0.1, 0.15) is 11.4 Å². The summed E-state index contributed by atoms with van der Waals surface area (Å²) in [6.45, 7) is 11.2. The molecule has 1 aromatic heterocycles. The van der Waals surface area contributed by atoms with E-state index in [0.29, 0.717) is 30.5 Å². The minimum absolute atomic E-state index is 0.143. The number of anilines is 1. The monoisotopic (exact) mass is 595 g/mol. The predicted molar refractivity (Wildman–Crippen MR) is 164 cm³/mol. The van der Waals surface area contributed by atoms with Crippen molar-refractivity contribution in [3.05, 3.63) is 76.3 Å². The predicted octanol–water partition coefficient (Wildman–Crippen LogP) is 5.21. The minimum atomic E-state index is -0.735. The summed E-state index contributed by atoms with van der Waals surface area (Å²) < 4.78 is 10.9. The minimum Gasteiger partial charge on any atom is -0.497 e. The molecule has 3 amide bonds. The number of thiazole rings is 1. The SMILES string of the molecule is COc1ccc(C(C)(CO)c2csc(NC(=O)NC(C)c3ccc(C4CNCCN4C(=O)OC(C)(C)C)cc3)n2)cc1. The summed E-state index contributed by atoms with van der Waals surface area (Å²) >= 11 is 1.30. The van der Waals surface area contributed by atoms with Gasteiger partial charge < -0.3 is 25.2 Å². The van der Waals surface area contributed by atoms with E-state index in [9.17, 15) is 14.7 Å². The van der Waals surface area contributed by atoms with E-state index in [4.69, 9.17) is 9.47 Å². The Bertz CT molecular complexity index is 1360. The highest BCUT2D eigenvalue weighted by Gasteiger charge is 2.32. The second-order valence-corrected chi connectivity index (χ2v) is 12.5. The zero-order chi connectivity index (χ0) is 30.5. The lowest BCUT2D eigenvalue weighted by molar-refractivity contribution is 0.0118. The van der Waals surface area contributed by atoms with Crippen LogP contribution < -0.4 is 20.7 Å². The van der Waals surface area contributed by atoms with Crippen LogP contribution in [0.5, 0.6) is 5.75 Å². The van der Waals surface area contributed by atoms with Crippen molar-refractivity contribution in [3.8, 4) is 5.75 Å². The first kappa shape index (κ1) is 31.3. The number of ether oxygens (including phenoxy) is 2. The van der Waals surface area contributed by atoms with E-state index in [1.165, 1.54) is 11.3 Å². The Labute approximate surface area is 251 Å². The number of nitrogens with zero attached hydrogens (tertiary/aromatic N) is 2. The fraction of sp³-hybridized carbons (Fsp3) is 0.452. The molecule has 0 radical (unpaired) electrons. The number of nitrogens with one attached hydrogen (secondary N) is 3. The van der Waals surface area contributed by atoms with Crippen LogP contribution in [-0.4, -0.2) is 66.1 Å². The first-order valence-electron chi connectivity index (χ1n) is 14.0. The summed E-state index contributed by atoms with van der Waals surface area (Å²) in [7, 11) is 1.61. The van der Waals surface area contributed by atoms with Gasteiger partial charge in [0, 0.05) is 25.0 Å². The molecule has 0 bridgehead atoms. The molecular formula is C31H41N5O5S. The van der Waals surface area contributed by atoms with Gasteiger partial charge in [0.05, 0.1) is 36.9 Å². The second-order valence-electron chi connectivity index (χ2n) is 11.6. The molecule has 4 rings (SSSR count). The number of amides is 3. The highest BCUT2D eigenvalue weighted by molar-refractivity contribution is 7.14. The van der Waals surface area contributed by atoms with Crippen molar-refractivity contribution in [2.24, 2.45) is 0 Å². The van der Waals surface area contributed by atoms with Gasteiger partial charge in [0.25, 0.3) is 0 Å². The molecule has 11 heteroatoms. The molecule has 2 heterocycles. The van der Waals surface area contributed by atoms with Crippen LogP contribution >= 0.6 is 11.3 Å². The fourth-order valence-corrected chi connectivity index (χ4v) is 5.66. The van der Waals surface area contributed by atoms with Crippen LogP contribution in [0.3, 0.4) is 0 Å². The maximum atomic E-state index is 12.8. The maximum absolute atomic E-state index is 12.8. The molecule has 1 saturated heterocycles. The fourth-order valence-electron chi connectivity index (χ4n) is 4.82. The number of piperazine rings is 1. The number of carbonyl (C=O) groups excluding carboxylic acids is 2. The van der Waals surface area contributed by atoms with Gasteiger partial charge in [0.15, 0.2) is 5.13 Å². The molecule has 1 aliphatic rings. The number of aliphatic hydroxyl groups excluding tert-OH is 1. The summed E-state index contributed by atoms with van der Waals surface area (Å²) in [5.41, 5.74) is 2.18. The third-order valence-electron chi connectivity index (χ3n) is 7.37. The van der Waals surface area contributed by atoms with Crippen LogP contribution in [0, 0.1) is 0 Å². The first-order chi connectivity index (χ1) is 19.9. The van der Waals surface area contributed by atoms with Crippen molar-refractivity contribution in [1.29, 1.82) is 0 Å². The normalized spacial score (nSPS) is 17.6. The third-order valence-corrected chi connectivity index (χ3v) is 8.13. The van der Waals surface area contributed by atoms with Crippen LogP contribution in [0.2, 0.25) is 0 Å². The molecule has 3 atom stereocenters. The molecule has 0 saturated carbocycles. The Hall–Kier alpha value is -3.67. The van der Waals surface area contributed by atoms with Crippen molar-refractivity contribution in [2.75, 3.05) is 38.7 Å². The molecule has 10 nitrogen and oxygen atoms in total. The average Bonchev–Trinajstić information content (AvgIpc) is 3.44. The molecule has 3 unspecified atom stereocenters. The number of benzene rings is 2. The summed E-state index contributed by atoms with van der Waals surface area (Å²) in [6, 6.07) is 14.6. The molecule has 226 valence electrons. The van der Waals surface area contributed by atoms with E-state index < -0.39 is 11.0 Å². The van der Waals surface area contributed by atoms with Crippen LogP contribution in [0.25, 0.3) is 0 Å². The van der Waals surface area contributed by atoms with Gasteiger partial charge in [-0.15, -0.1) is 11.3 Å². The Morgan fingerprint density at radius 2 is 1.83 bits per heavy atom. The van der Waals surface area contributed by atoms with Gasteiger partial charge in [-0.05, 0) is 63.4 Å². The maximum Gasteiger partial charge on any atom is 0.410 e. The Morgan fingerprint density at radius 1 is 1.14 bits per heavy atom. The first-order valence-corrected chi connectivity index (χ1v) is 14.9. The average molecular weight is 596 g/mol. The van der Waals surface area contributed by atoms with E-state index in [1.54, 1.807) is 12.0 Å². The molecule has 1 fully saturated rings.